The zero-order chi connectivity index (χ0) is 35.9. The highest BCUT2D eigenvalue weighted by Crippen LogP contribution is 2.40. The van der Waals surface area contributed by atoms with Crippen LogP contribution in [-0.2, 0) is 20.2 Å². The summed E-state index contributed by atoms with van der Waals surface area (Å²) in [4.78, 5) is 0. The fourth-order valence-electron chi connectivity index (χ4n) is 7.21. The molecule has 0 amide bonds. The van der Waals surface area contributed by atoms with Gasteiger partial charge in [0.25, 0.3) is 16.6 Å². The molecule has 5 rings (SSSR count). The maximum absolute atomic E-state index is 12.8. The number of ether oxygens (including phenoxy) is 1. The Bertz CT molecular complexity index is 1660. The molecule has 0 aromatic heterocycles. The molecule has 0 aliphatic rings. The summed E-state index contributed by atoms with van der Waals surface area (Å²) in [7, 11) is -6.03. The van der Waals surface area contributed by atoms with Crippen LogP contribution < -0.4 is 20.7 Å². The van der Waals surface area contributed by atoms with Crippen LogP contribution in [0.5, 0.6) is 0 Å². The lowest BCUT2D eigenvalue weighted by Crippen LogP contribution is -2.71. The van der Waals surface area contributed by atoms with Crippen molar-refractivity contribution in [2.24, 2.45) is 0 Å². The third-order valence-electron chi connectivity index (χ3n) is 9.81. The van der Waals surface area contributed by atoms with Crippen molar-refractivity contribution < 1.29 is 18.7 Å². The minimum Gasteiger partial charge on any atom is -0.404 e. The molecule has 4 nitrogen and oxygen atoms in total. The van der Waals surface area contributed by atoms with Crippen molar-refractivity contribution in [1.29, 1.82) is 0 Å². The average Bonchev–Trinajstić information content (AvgIpc) is 3.11. The molecule has 0 heterocycles. The fourth-order valence-corrected chi connectivity index (χ4v) is 16.6. The van der Waals surface area contributed by atoms with Gasteiger partial charge < -0.3 is 18.7 Å². The molecule has 0 saturated heterocycles. The fraction of sp³-hybridized carbons (Fsp3) is 0.318. The van der Waals surface area contributed by atoms with Gasteiger partial charge in [0.1, 0.15) is 5.60 Å². The van der Waals surface area contributed by atoms with Gasteiger partial charge in [0.2, 0.25) is 0 Å². The molecule has 262 valence electrons. The molecule has 0 aliphatic carbocycles. The van der Waals surface area contributed by atoms with Crippen molar-refractivity contribution in [2.45, 2.75) is 76.9 Å². The first-order valence-corrected chi connectivity index (χ1v) is 21.5. The molecule has 0 spiro atoms. The number of rotatable bonds is 14. The first-order valence-electron chi connectivity index (χ1n) is 17.7. The number of hydrogen-bond donors (Lipinski definition) is 1. The minimum atomic E-state index is -3.08. The second kappa shape index (κ2) is 15.7. The zero-order valence-corrected chi connectivity index (χ0v) is 32.8. The van der Waals surface area contributed by atoms with Crippen molar-refractivity contribution in [3.05, 3.63) is 157 Å². The lowest BCUT2D eigenvalue weighted by Gasteiger charge is -2.49. The summed E-state index contributed by atoms with van der Waals surface area (Å²) in [5, 5.41) is 16.9. The summed E-state index contributed by atoms with van der Waals surface area (Å²) >= 11 is 0. The van der Waals surface area contributed by atoms with E-state index in [0.717, 1.165) is 15.9 Å². The van der Waals surface area contributed by atoms with Crippen LogP contribution in [0.2, 0.25) is 10.1 Å². The van der Waals surface area contributed by atoms with Gasteiger partial charge in [0.05, 0.1) is 25.9 Å². The van der Waals surface area contributed by atoms with E-state index in [-0.39, 0.29) is 23.3 Å². The molecule has 0 radical (unpaired) electrons. The van der Waals surface area contributed by atoms with E-state index in [4.69, 9.17) is 13.6 Å². The van der Waals surface area contributed by atoms with Gasteiger partial charge in [-0.05, 0) is 43.3 Å². The van der Waals surface area contributed by atoms with Crippen LogP contribution in [0.15, 0.2) is 152 Å². The molecule has 0 saturated carbocycles. The average molecular weight is 703 g/mol. The Kier molecular flexibility index (Phi) is 11.8. The first kappa shape index (κ1) is 37.6. The van der Waals surface area contributed by atoms with E-state index in [2.05, 4.69) is 151 Å². The quantitative estimate of drug-likeness (QED) is 0.122. The molecule has 6 heteroatoms. The largest absolute Gasteiger partial charge is 0.404 e. The maximum Gasteiger partial charge on any atom is 0.261 e. The molecular weight excluding hydrogens is 649 g/mol. The van der Waals surface area contributed by atoms with Crippen LogP contribution >= 0.6 is 0 Å². The van der Waals surface area contributed by atoms with E-state index in [0.29, 0.717) is 6.61 Å². The van der Waals surface area contributed by atoms with Gasteiger partial charge in [-0.3, -0.25) is 0 Å². The molecule has 1 N–H and O–H groups in total. The van der Waals surface area contributed by atoms with Crippen molar-refractivity contribution >= 4 is 37.4 Å². The van der Waals surface area contributed by atoms with E-state index < -0.39 is 28.3 Å². The molecule has 50 heavy (non-hydrogen) atoms. The second-order valence-electron chi connectivity index (χ2n) is 15.6. The molecule has 1 unspecified atom stereocenters. The molecule has 5 aromatic carbocycles. The third-order valence-corrected chi connectivity index (χ3v) is 19.8. The highest BCUT2D eigenvalue weighted by Gasteiger charge is 2.55. The van der Waals surface area contributed by atoms with Crippen molar-refractivity contribution in [1.82, 2.24) is 0 Å². The summed E-state index contributed by atoms with van der Waals surface area (Å²) in [5.41, 5.74) is -0.350. The summed E-state index contributed by atoms with van der Waals surface area (Å²) in [6.45, 7) is 16.1. The van der Waals surface area contributed by atoms with Gasteiger partial charge in [-0.15, -0.1) is 0 Å². The van der Waals surface area contributed by atoms with Crippen LogP contribution in [0.1, 0.15) is 54.0 Å². The smallest absolute Gasteiger partial charge is 0.261 e. The highest BCUT2D eigenvalue weighted by atomic mass is 28.4. The van der Waals surface area contributed by atoms with Crippen LogP contribution in [-0.4, -0.2) is 46.7 Å². The topological polar surface area (TPSA) is 47.9 Å². The zero-order valence-electron chi connectivity index (χ0n) is 30.8. The SMILES string of the molecule is CC(O)(CO[Si](c1ccccc1)(c1ccccc1)C(C)(C)C)[C@H](COCc1ccccc1)O[Si](c1ccccc1)(c1ccccc1)C(C)(C)C. The Morgan fingerprint density at radius 2 is 0.840 bits per heavy atom. The Morgan fingerprint density at radius 1 is 0.500 bits per heavy atom. The van der Waals surface area contributed by atoms with Crippen molar-refractivity contribution in [3.8, 4) is 0 Å². The molecule has 0 aliphatic heterocycles. The van der Waals surface area contributed by atoms with Gasteiger partial charge in [0, 0.05) is 0 Å². The van der Waals surface area contributed by atoms with E-state index in [1.54, 1.807) is 0 Å². The van der Waals surface area contributed by atoms with Gasteiger partial charge in [-0.2, -0.15) is 0 Å². The molecular formula is C44H54O4Si2. The maximum atomic E-state index is 12.8. The van der Waals surface area contributed by atoms with Gasteiger partial charge in [-0.1, -0.05) is 193 Å². The van der Waals surface area contributed by atoms with Crippen LogP contribution in [0.4, 0.5) is 0 Å². The second-order valence-corrected chi connectivity index (χ2v) is 24.1. The minimum absolute atomic E-state index is 0.0673. The Balaban J connectivity index is 1.61. The summed E-state index contributed by atoms with van der Waals surface area (Å²) in [6.07, 6.45) is -0.712. The normalized spacial score (nSPS) is 14.6. The molecule has 0 fully saturated rings. The van der Waals surface area contributed by atoms with Crippen LogP contribution in [0.25, 0.3) is 0 Å². The Morgan fingerprint density at radius 3 is 1.20 bits per heavy atom. The summed E-state index contributed by atoms with van der Waals surface area (Å²) in [5.74, 6) is 0. The number of benzene rings is 5. The first-order chi connectivity index (χ1) is 23.8. The summed E-state index contributed by atoms with van der Waals surface area (Å²) in [6, 6.07) is 52.4. The monoisotopic (exact) mass is 702 g/mol. The van der Waals surface area contributed by atoms with Gasteiger partial charge in [-0.25, -0.2) is 0 Å². The predicted octanol–water partition coefficient (Wildman–Crippen LogP) is 7.48. The van der Waals surface area contributed by atoms with Crippen LogP contribution in [0.3, 0.4) is 0 Å². The van der Waals surface area contributed by atoms with Gasteiger partial charge >= 0.3 is 0 Å². The molecule has 2 atom stereocenters. The Labute approximate surface area is 302 Å². The van der Waals surface area contributed by atoms with Gasteiger partial charge in [0.15, 0.2) is 0 Å². The lowest BCUT2D eigenvalue weighted by atomic mass is 10.0. The molecule has 5 aromatic rings. The van der Waals surface area contributed by atoms with E-state index in [9.17, 15) is 5.11 Å². The lowest BCUT2D eigenvalue weighted by molar-refractivity contribution is -0.110. The molecule has 0 bridgehead atoms. The third kappa shape index (κ3) is 7.97. The number of hydrogen-bond acceptors (Lipinski definition) is 4. The number of aliphatic hydroxyl groups is 1. The highest BCUT2D eigenvalue weighted by molar-refractivity contribution is 7.00. The van der Waals surface area contributed by atoms with E-state index >= 15 is 0 Å². The predicted molar refractivity (Wildman–Crippen MR) is 213 cm³/mol. The standard InChI is InChI=1S/C44H54O4Si2/c1-42(2,3)49(37-25-15-9-16-26-37,38-27-17-10-18-28-38)47-35-44(7,45)41(34-46-33-36-23-13-8-14-24-36)48-50(43(4,5)6,39-29-19-11-20-30-39)40-31-21-12-22-32-40/h8-32,41,45H,33-35H2,1-7H3/t41-,44?/m0/s1. The van der Waals surface area contributed by atoms with E-state index in [1.807, 2.05) is 49.4 Å². The van der Waals surface area contributed by atoms with Crippen LogP contribution in [0, 0.1) is 0 Å². The van der Waals surface area contributed by atoms with Crippen molar-refractivity contribution in [2.75, 3.05) is 13.2 Å². The summed E-state index contributed by atoms with van der Waals surface area (Å²) < 4.78 is 21.5. The van der Waals surface area contributed by atoms with E-state index in [1.165, 1.54) is 10.4 Å². The van der Waals surface area contributed by atoms with Crippen molar-refractivity contribution in [3.63, 3.8) is 0 Å². The Hall–Kier alpha value is -3.63.